The van der Waals surface area contributed by atoms with Crippen LogP contribution in [-0.2, 0) is 30.0 Å². The van der Waals surface area contributed by atoms with Crippen molar-refractivity contribution in [2.75, 3.05) is 23.7 Å². The van der Waals surface area contributed by atoms with Crippen LogP contribution in [0.3, 0.4) is 0 Å². The molecule has 3 aliphatic heterocycles. The average Bonchev–Trinajstić information content (AvgIpc) is 3.75. The van der Waals surface area contributed by atoms with Crippen LogP contribution in [0.4, 0.5) is 11.4 Å². The van der Waals surface area contributed by atoms with Crippen molar-refractivity contribution in [1.82, 2.24) is 20.5 Å². The quantitative estimate of drug-likeness (QED) is 0.0555. The van der Waals surface area contributed by atoms with Gasteiger partial charge in [0.2, 0.25) is 11.8 Å². The summed E-state index contributed by atoms with van der Waals surface area (Å²) in [5.74, 6) is -3.27. The molecule has 0 saturated carbocycles. The minimum absolute atomic E-state index is 0.00227. The van der Waals surface area contributed by atoms with Crippen LogP contribution in [0.2, 0.25) is 10.0 Å². The second-order valence-electron chi connectivity index (χ2n) is 14.6. The van der Waals surface area contributed by atoms with Crippen molar-refractivity contribution in [3.8, 4) is 0 Å². The number of hydrogen-bond acceptors (Lipinski definition) is 9. The first kappa shape index (κ1) is 41.4. The van der Waals surface area contributed by atoms with Gasteiger partial charge in [-0.3, -0.25) is 39.0 Å². The highest BCUT2D eigenvalue weighted by atomic mass is 35.5. The fourth-order valence-electron chi connectivity index (χ4n) is 7.56. The van der Waals surface area contributed by atoms with Crippen LogP contribution < -0.4 is 21.3 Å². The molecule has 7 rings (SSSR count). The summed E-state index contributed by atoms with van der Waals surface area (Å²) in [4.78, 5) is 80.4. The van der Waals surface area contributed by atoms with Gasteiger partial charge in [-0.05, 0) is 93.3 Å². The molecule has 1 atom stereocenters. The Balaban J connectivity index is 0.897. The number of rotatable bonds is 14. The Kier molecular flexibility index (Phi) is 11.8. The van der Waals surface area contributed by atoms with Crippen LogP contribution in [-0.4, -0.2) is 72.9 Å². The molecular formula is C42H40Cl2N6O8S. The first-order valence-corrected chi connectivity index (χ1v) is 21.5. The normalized spacial score (nSPS) is 16.9. The maximum atomic E-state index is 13.4. The molecule has 1 aromatic heterocycles. The Morgan fingerprint density at radius 3 is 2.31 bits per heavy atom. The highest BCUT2D eigenvalue weighted by Crippen LogP contribution is 2.37. The van der Waals surface area contributed by atoms with Crippen LogP contribution in [0.1, 0.15) is 97.7 Å². The van der Waals surface area contributed by atoms with Gasteiger partial charge in [0, 0.05) is 63.4 Å². The number of nitrogens with one attached hydrogen (secondary N) is 5. The predicted octanol–water partition coefficient (Wildman–Crippen LogP) is 6.21. The summed E-state index contributed by atoms with van der Waals surface area (Å²) >= 11 is 12.5. The second kappa shape index (κ2) is 16.8. The van der Waals surface area contributed by atoms with E-state index in [1.165, 1.54) is 12.1 Å². The number of H-pyrrole nitrogens is 1. The van der Waals surface area contributed by atoms with Gasteiger partial charge in [0.15, 0.2) is 9.84 Å². The lowest BCUT2D eigenvalue weighted by Gasteiger charge is -2.27. The Morgan fingerprint density at radius 2 is 1.58 bits per heavy atom. The number of sulfone groups is 1. The number of imide groups is 2. The Hall–Kier alpha value is -5.77. The van der Waals surface area contributed by atoms with E-state index >= 15 is 0 Å². The minimum Gasteiger partial charge on any atom is -0.385 e. The van der Waals surface area contributed by atoms with Crippen LogP contribution in [0.25, 0.3) is 11.6 Å². The van der Waals surface area contributed by atoms with Gasteiger partial charge >= 0.3 is 0 Å². The number of anilines is 2. The van der Waals surface area contributed by atoms with Gasteiger partial charge in [0.1, 0.15) is 6.04 Å². The number of aryl methyl sites for hydroxylation is 1. The summed E-state index contributed by atoms with van der Waals surface area (Å²) in [6, 6.07) is 13.1. The van der Waals surface area contributed by atoms with Crippen molar-refractivity contribution in [2.45, 2.75) is 69.1 Å². The number of hydrogen-bond donors (Lipinski definition) is 5. The molecule has 1 saturated heterocycles. The number of piperidine rings is 1. The predicted molar refractivity (Wildman–Crippen MR) is 223 cm³/mol. The Morgan fingerprint density at radius 1 is 0.864 bits per heavy atom. The maximum absolute atomic E-state index is 13.4. The smallest absolute Gasteiger partial charge is 0.262 e. The molecule has 3 aliphatic rings. The number of nitrogens with zero attached hydrogens (tertiary/aromatic N) is 1. The third kappa shape index (κ3) is 8.40. The first-order valence-electron chi connectivity index (χ1n) is 19.0. The summed E-state index contributed by atoms with van der Waals surface area (Å²) in [6.45, 7) is 4.61. The van der Waals surface area contributed by atoms with E-state index in [0.29, 0.717) is 52.5 Å². The van der Waals surface area contributed by atoms with Crippen molar-refractivity contribution in [3.05, 3.63) is 109 Å². The lowest BCUT2D eigenvalue weighted by atomic mass is 10.0. The Labute approximate surface area is 350 Å². The third-order valence-electron chi connectivity index (χ3n) is 10.7. The van der Waals surface area contributed by atoms with Gasteiger partial charge < -0.3 is 20.9 Å². The van der Waals surface area contributed by atoms with E-state index < -0.39 is 51.2 Å². The van der Waals surface area contributed by atoms with E-state index in [2.05, 4.69) is 26.3 Å². The van der Waals surface area contributed by atoms with Crippen molar-refractivity contribution in [3.63, 3.8) is 0 Å². The average molecular weight is 860 g/mol. The maximum Gasteiger partial charge on any atom is 0.262 e. The van der Waals surface area contributed by atoms with Gasteiger partial charge in [-0.1, -0.05) is 42.1 Å². The number of aromatic nitrogens is 1. The standard InChI is InChI=1S/C42H40Cl2N6O8S/c1-22-34(20-28-27-19-25(11-13-33(27)48-38(28)52)59(57,58)21-30-31(43)8-7-9-32(30)44)47-23(2)37(22)40(54)46-17-6-4-3-5-16-45-24-10-12-26-29(18-24)42(56)50(41(26)55)35-14-15-36(51)49-39(35)53/h7-13,18-20,35,45,47H,3-6,14-17,21H2,1-2H3,(H,46,54)(H,48,52)(H,49,51,53)/b28-20-. The van der Waals surface area contributed by atoms with Gasteiger partial charge in [-0.2, -0.15) is 0 Å². The number of benzene rings is 3. The van der Waals surface area contributed by atoms with Crippen molar-refractivity contribution < 1.29 is 37.2 Å². The van der Waals surface area contributed by atoms with Crippen LogP contribution in [0, 0.1) is 13.8 Å². The number of carbonyl (C=O) groups is 6. The number of unbranched alkanes of at least 4 members (excludes halogenated alkanes) is 3. The lowest BCUT2D eigenvalue weighted by molar-refractivity contribution is -0.136. The van der Waals surface area contributed by atoms with Gasteiger partial charge in [-0.25, -0.2) is 8.42 Å². The summed E-state index contributed by atoms with van der Waals surface area (Å²) in [5, 5.41) is 11.7. The molecule has 5 N–H and O–H groups in total. The molecule has 306 valence electrons. The summed E-state index contributed by atoms with van der Waals surface area (Å²) in [6.07, 6.45) is 5.03. The van der Waals surface area contributed by atoms with E-state index in [4.69, 9.17) is 23.2 Å². The van der Waals surface area contributed by atoms with Crippen LogP contribution in [0.15, 0.2) is 59.5 Å². The number of carbonyl (C=O) groups excluding carboxylic acids is 6. The molecule has 6 amide bonds. The van der Waals surface area contributed by atoms with E-state index in [0.717, 1.165) is 30.6 Å². The molecule has 0 aliphatic carbocycles. The highest BCUT2D eigenvalue weighted by Gasteiger charge is 2.44. The van der Waals surface area contributed by atoms with Gasteiger partial charge in [-0.15, -0.1) is 0 Å². The fraction of sp³-hybridized carbons (Fsp3) is 0.286. The van der Waals surface area contributed by atoms with Gasteiger partial charge in [0.25, 0.3) is 23.6 Å². The molecule has 0 bridgehead atoms. The lowest BCUT2D eigenvalue weighted by Crippen LogP contribution is -2.54. The van der Waals surface area contributed by atoms with Crippen LogP contribution >= 0.6 is 23.2 Å². The summed E-state index contributed by atoms with van der Waals surface area (Å²) < 4.78 is 26.9. The SMILES string of the molecule is Cc1[nH]c(/C=C2\C(=O)Nc3ccc(S(=O)(=O)Cc4c(Cl)cccc4Cl)cc32)c(C)c1C(=O)NCCCCCCNc1ccc2c(c1)C(=O)N(C1CCC(=O)NC1=O)C2=O. The highest BCUT2D eigenvalue weighted by molar-refractivity contribution is 7.90. The number of fused-ring (bicyclic) bond motifs is 2. The van der Waals surface area contributed by atoms with E-state index in [-0.39, 0.29) is 56.0 Å². The van der Waals surface area contributed by atoms with Crippen molar-refractivity contribution >= 4 is 91.5 Å². The molecule has 4 aromatic rings. The molecule has 1 unspecified atom stereocenters. The molecule has 17 heteroatoms. The third-order valence-corrected chi connectivity index (χ3v) is 13.0. The van der Waals surface area contributed by atoms with Crippen molar-refractivity contribution in [1.29, 1.82) is 0 Å². The monoisotopic (exact) mass is 858 g/mol. The zero-order chi connectivity index (χ0) is 42.2. The van der Waals surface area contributed by atoms with Gasteiger partial charge in [0.05, 0.1) is 32.9 Å². The number of aromatic amines is 1. The summed E-state index contributed by atoms with van der Waals surface area (Å²) in [5.41, 5.74) is 4.76. The van der Waals surface area contributed by atoms with E-state index in [1.54, 1.807) is 62.4 Å². The fourth-order valence-corrected chi connectivity index (χ4v) is 9.68. The van der Waals surface area contributed by atoms with Crippen LogP contribution in [0.5, 0.6) is 0 Å². The topological polar surface area (TPSA) is 204 Å². The molecule has 1 fully saturated rings. The first-order chi connectivity index (χ1) is 28.1. The number of halogens is 2. The molecule has 59 heavy (non-hydrogen) atoms. The zero-order valence-corrected chi connectivity index (χ0v) is 34.4. The largest absolute Gasteiger partial charge is 0.385 e. The molecule has 4 heterocycles. The van der Waals surface area contributed by atoms with Crippen molar-refractivity contribution in [2.24, 2.45) is 0 Å². The summed E-state index contributed by atoms with van der Waals surface area (Å²) in [7, 11) is -3.89. The van der Waals surface area contributed by atoms with E-state index in [1.807, 2.05) is 0 Å². The molecule has 0 radical (unpaired) electrons. The molecule has 0 spiro atoms. The van der Waals surface area contributed by atoms with E-state index in [9.17, 15) is 37.2 Å². The second-order valence-corrected chi connectivity index (χ2v) is 17.5. The zero-order valence-electron chi connectivity index (χ0n) is 32.1. The Bertz CT molecular complexity index is 2580. The number of amides is 6. The molecular weight excluding hydrogens is 819 g/mol. The minimum atomic E-state index is -3.89. The molecule has 3 aromatic carbocycles. The molecule has 14 nitrogen and oxygen atoms in total.